The Morgan fingerprint density at radius 1 is 1.62 bits per heavy atom. The molecule has 0 aliphatic heterocycles. The Bertz CT molecular complexity index is 413. The summed E-state index contributed by atoms with van der Waals surface area (Å²) in [4.78, 5) is 14.1. The summed E-state index contributed by atoms with van der Waals surface area (Å²) in [5, 5.41) is 8.64. The molecule has 88 valence electrons. The fourth-order valence-electron chi connectivity index (χ4n) is 1.24. The second-order valence-corrected chi connectivity index (χ2v) is 3.83. The van der Waals surface area contributed by atoms with Gasteiger partial charge in [-0.15, -0.1) is 0 Å². The van der Waals surface area contributed by atoms with Gasteiger partial charge in [-0.3, -0.25) is 9.78 Å². The zero-order valence-electron chi connectivity index (χ0n) is 8.08. The standard InChI is InChI=1S/C9H9BrF2N2O2/c10-7-4(2-13)3-14-8(9(11)12)5(7)1-6(15)16/h3,9H,1-2,13H2,(H,15,16). The zero-order chi connectivity index (χ0) is 12.3. The van der Waals surface area contributed by atoms with Crippen LogP contribution in [0.15, 0.2) is 10.7 Å². The molecule has 0 aliphatic rings. The average Bonchev–Trinajstić information content (AvgIpc) is 2.19. The minimum Gasteiger partial charge on any atom is -0.481 e. The predicted molar refractivity (Wildman–Crippen MR) is 56.1 cm³/mol. The van der Waals surface area contributed by atoms with Crippen molar-refractivity contribution < 1.29 is 18.7 Å². The van der Waals surface area contributed by atoms with Crippen LogP contribution in [0.25, 0.3) is 0 Å². The van der Waals surface area contributed by atoms with E-state index in [-0.39, 0.29) is 12.1 Å². The molecule has 0 aromatic carbocycles. The largest absolute Gasteiger partial charge is 0.481 e. The molecule has 1 aromatic heterocycles. The number of hydrogen-bond acceptors (Lipinski definition) is 3. The first-order valence-corrected chi connectivity index (χ1v) is 5.12. The van der Waals surface area contributed by atoms with E-state index in [1.165, 1.54) is 6.20 Å². The molecule has 1 rings (SSSR count). The SMILES string of the molecule is NCc1cnc(C(F)F)c(CC(=O)O)c1Br. The molecule has 0 aliphatic carbocycles. The average molecular weight is 295 g/mol. The maximum Gasteiger partial charge on any atom is 0.307 e. The number of pyridine rings is 1. The number of carboxylic acid groups (broad SMARTS) is 1. The Morgan fingerprint density at radius 3 is 2.69 bits per heavy atom. The third-order valence-corrected chi connectivity index (χ3v) is 2.96. The number of alkyl halides is 2. The van der Waals surface area contributed by atoms with E-state index < -0.39 is 24.5 Å². The zero-order valence-corrected chi connectivity index (χ0v) is 9.67. The lowest BCUT2D eigenvalue weighted by molar-refractivity contribution is -0.136. The number of carbonyl (C=O) groups is 1. The Kier molecular flexibility index (Phi) is 4.31. The summed E-state index contributed by atoms with van der Waals surface area (Å²) < 4.78 is 25.5. The van der Waals surface area contributed by atoms with E-state index in [9.17, 15) is 13.6 Å². The maximum atomic E-state index is 12.6. The molecule has 1 aromatic rings. The van der Waals surface area contributed by atoms with Gasteiger partial charge in [0, 0.05) is 22.8 Å². The highest BCUT2D eigenvalue weighted by atomic mass is 79.9. The number of nitrogens with zero attached hydrogens (tertiary/aromatic N) is 1. The number of nitrogens with two attached hydrogens (primary N) is 1. The predicted octanol–water partition coefficient (Wildman–Crippen LogP) is 1.87. The monoisotopic (exact) mass is 294 g/mol. The molecular weight excluding hydrogens is 286 g/mol. The molecule has 0 bridgehead atoms. The van der Waals surface area contributed by atoms with Crippen LogP contribution in [-0.2, 0) is 17.8 Å². The third kappa shape index (κ3) is 2.73. The van der Waals surface area contributed by atoms with Crippen LogP contribution in [0.3, 0.4) is 0 Å². The molecule has 0 spiro atoms. The normalized spacial score (nSPS) is 10.8. The molecule has 16 heavy (non-hydrogen) atoms. The number of hydrogen-bond donors (Lipinski definition) is 2. The summed E-state index contributed by atoms with van der Waals surface area (Å²) in [5.41, 5.74) is 5.33. The molecule has 0 saturated carbocycles. The minimum atomic E-state index is -2.81. The molecule has 3 N–H and O–H groups in total. The van der Waals surface area contributed by atoms with Crippen molar-refractivity contribution in [3.05, 3.63) is 27.5 Å². The minimum absolute atomic E-state index is 0.0227. The van der Waals surface area contributed by atoms with E-state index in [1.807, 2.05) is 0 Å². The van der Waals surface area contributed by atoms with Crippen LogP contribution in [0.2, 0.25) is 0 Å². The van der Waals surface area contributed by atoms with Gasteiger partial charge in [0.05, 0.1) is 6.42 Å². The van der Waals surface area contributed by atoms with E-state index >= 15 is 0 Å². The Balaban J connectivity index is 3.30. The lowest BCUT2D eigenvalue weighted by Crippen LogP contribution is -2.10. The summed E-state index contributed by atoms with van der Waals surface area (Å²) >= 11 is 3.07. The van der Waals surface area contributed by atoms with Gasteiger partial charge in [0.2, 0.25) is 0 Å². The lowest BCUT2D eigenvalue weighted by Gasteiger charge is -2.11. The first-order chi connectivity index (χ1) is 7.47. The van der Waals surface area contributed by atoms with Crippen molar-refractivity contribution in [2.75, 3.05) is 0 Å². The topological polar surface area (TPSA) is 76.2 Å². The quantitative estimate of drug-likeness (QED) is 0.889. The molecule has 0 saturated heterocycles. The van der Waals surface area contributed by atoms with Crippen molar-refractivity contribution >= 4 is 21.9 Å². The molecular formula is C9H9BrF2N2O2. The van der Waals surface area contributed by atoms with Crippen LogP contribution in [0.1, 0.15) is 23.2 Å². The molecule has 0 unspecified atom stereocenters. The van der Waals surface area contributed by atoms with E-state index in [2.05, 4.69) is 20.9 Å². The number of halogens is 3. The van der Waals surface area contributed by atoms with Crippen molar-refractivity contribution in [1.29, 1.82) is 0 Å². The van der Waals surface area contributed by atoms with Gasteiger partial charge in [-0.25, -0.2) is 8.78 Å². The van der Waals surface area contributed by atoms with Crippen molar-refractivity contribution in [3.8, 4) is 0 Å². The fourth-order valence-corrected chi connectivity index (χ4v) is 1.85. The molecule has 0 fully saturated rings. The Labute approximate surface area is 98.6 Å². The number of aromatic nitrogens is 1. The molecule has 7 heteroatoms. The van der Waals surface area contributed by atoms with Crippen LogP contribution in [-0.4, -0.2) is 16.1 Å². The van der Waals surface area contributed by atoms with Crippen LogP contribution in [0.4, 0.5) is 8.78 Å². The number of carboxylic acids is 1. The summed E-state index contributed by atoms with van der Waals surface area (Å²) in [7, 11) is 0. The second kappa shape index (κ2) is 5.31. The smallest absolute Gasteiger partial charge is 0.307 e. The Hall–Kier alpha value is -1.08. The van der Waals surface area contributed by atoms with Gasteiger partial charge in [0.25, 0.3) is 6.43 Å². The van der Waals surface area contributed by atoms with E-state index in [0.717, 1.165) is 0 Å². The second-order valence-electron chi connectivity index (χ2n) is 3.04. The van der Waals surface area contributed by atoms with Gasteiger partial charge in [0.15, 0.2) is 0 Å². The van der Waals surface area contributed by atoms with Gasteiger partial charge in [-0.05, 0) is 5.56 Å². The van der Waals surface area contributed by atoms with Crippen LogP contribution in [0.5, 0.6) is 0 Å². The first-order valence-electron chi connectivity index (χ1n) is 4.33. The van der Waals surface area contributed by atoms with Crippen molar-refractivity contribution in [2.24, 2.45) is 5.73 Å². The van der Waals surface area contributed by atoms with Crippen LogP contribution in [0, 0.1) is 0 Å². The van der Waals surface area contributed by atoms with Gasteiger partial charge in [-0.2, -0.15) is 0 Å². The van der Waals surface area contributed by atoms with Gasteiger partial charge in [0.1, 0.15) is 5.69 Å². The summed E-state index contributed by atoms with van der Waals surface area (Å²) in [6.07, 6.45) is -2.10. The highest BCUT2D eigenvalue weighted by molar-refractivity contribution is 9.10. The highest BCUT2D eigenvalue weighted by Crippen LogP contribution is 2.29. The third-order valence-electron chi connectivity index (χ3n) is 1.97. The summed E-state index contributed by atoms with van der Waals surface area (Å²) in [6, 6.07) is 0. The van der Waals surface area contributed by atoms with Gasteiger partial charge >= 0.3 is 5.97 Å². The molecule has 4 nitrogen and oxygen atoms in total. The molecule has 0 atom stereocenters. The lowest BCUT2D eigenvalue weighted by atomic mass is 10.1. The van der Waals surface area contributed by atoms with Crippen LogP contribution < -0.4 is 5.73 Å². The van der Waals surface area contributed by atoms with Gasteiger partial charge < -0.3 is 10.8 Å². The number of rotatable bonds is 4. The van der Waals surface area contributed by atoms with Gasteiger partial charge in [-0.1, -0.05) is 15.9 Å². The van der Waals surface area contributed by atoms with E-state index in [4.69, 9.17) is 10.8 Å². The number of aliphatic carboxylic acids is 1. The maximum absolute atomic E-state index is 12.6. The molecule has 0 radical (unpaired) electrons. The van der Waals surface area contributed by atoms with Crippen molar-refractivity contribution in [2.45, 2.75) is 19.4 Å². The van der Waals surface area contributed by atoms with E-state index in [1.54, 1.807) is 0 Å². The summed E-state index contributed by atoms with van der Waals surface area (Å²) in [5.74, 6) is -1.20. The van der Waals surface area contributed by atoms with Crippen molar-refractivity contribution in [3.63, 3.8) is 0 Å². The Morgan fingerprint density at radius 2 is 2.25 bits per heavy atom. The highest BCUT2D eigenvalue weighted by Gasteiger charge is 2.21. The first kappa shape index (κ1) is 13.0. The molecule has 0 amide bonds. The summed E-state index contributed by atoms with van der Waals surface area (Å²) in [6.45, 7) is 0.101. The molecule has 1 heterocycles. The fraction of sp³-hybridized carbons (Fsp3) is 0.333. The van der Waals surface area contributed by atoms with E-state index in [0.29, 0.717) is 10.0 Å². The van der Waals surface area contributed by atoms with Crippen LogP contribution >= 0.6 is 15.9 Å². The van der Waals surface area contributed by atoms with Crippen molar-refractivity contribution in [1.82, 2.24) is 4.98 Å².